The number of nitrogens with zero attached hydrogens (tertiary/aromatic N) is 3. The number of aromatic nitrogens is 1. The maximum atomic E-state index is 9.45. The Morgan fingerprint density at radius 2 is 2.12 bits per heavy atom. The molecule has 0 amide bonds. The number of hydrogen-bond acceptors (Lipinski definition) is 6. The molecule has 6 nitrogen and oxygen atoms in total. The lowest BCUT2D eigenvalue weighted by molar-refractivity contribution is 0.184. The van der Waals surface area contributed by atoms with E-state index in [9.17, 15) is 5.26 Å². The summed E-state index contributed by atoms with van der Waals surface area (Å²) in [5.41, 5.74) is 5.58. The Bertz CT molecular complexity index is 863. The third kappa shape index (κ3) is 5.04. The Morgan fingerprint density at radius 3 is 2.77 bits per heavy atom. The molecule has 0 saturated carbocycles. The summed E-state index contributed by atoms with van der Waals surface area (Å²) in [6.45, 7) is 4.64. The standard InChI is InChI=1S/C18H18Br2N4O2/c1-4-26-17-12(6-14(19)7-16(17)20)9-22-24-18-15(8-21)13(10-25-3)5-11(2)23-18/h5-7,9H,4,10H2,1-3H3,(H,23,24). The van der Waals surface area contributed by atoms with Crippen molar-refractivity contribution in [3.63, 3.8) is 0 Å². The summed E-state index contributed by atoms with van der Waals surface area (Å²) in [5.74, 6) is 1.09. The summed E-state index contributed by atoms with van der Waals surface area (Å²) in [6, 6.07) is 7.79. The predicted octanol–water partition coefficient (Wildman–Crippen LogP) is 4.78. The smallest absolute Gasteiger partial charge is 0.164 e. The summed E-state index contributed by atoms with van der Waals surface area (Å²) in [5, 5.41) is 13.7. The van der Waals surface area contributed by atoms with Crippen molar-refractivity contribution in [3.8, 4) is 11.8 Å². The van der Waals surface area contributed by atoms with Gasteiger partial charge in [-0.2, -0.15) is 10.4 Å². The van der Waals surface area contributed by atoms with Gasteiger partial charge in [-0.25, -0.2) is 4.98 Å². The number of halogens is 2. The van der Waals surface area contributed by atoms with Crippen molar-refractivity contribution in [3.05, 3.63) is 49.5 Å². The molecular formula is C18H18Br2N4O2. The molecule has 0 saturated heterocycles. The van der Waals surface area contributed by atoms with Crippen LogP contribution in [0.2, 0.25) is 0 Å². The summed E-state index contributed by atoms with van der Waals surface area (Å²) in [6.07, 6.45) is 1.63. The number of nitrogens with one attached hydrogen (secondary N) is 1. The third-order valence-corrected chi connectivity index (χ3v) is 4.39. The number of rotatable bonds is 7. The second-order valence-electron chi connectivity index (χ2n) is 5.30. The van der Waals surface area contributed by atoms with Crippen molar-refractivity contribution in [1.29, 1.82) is 5.26 Å². The van der Waals surface area contributed by atoms with Crippen LogP contribution in [0, 0.1) is 18.3 Å². The molecule has 136 valence electrons. The van der Waals surface area contributed by atoms with Crippen LogP contribution < -0.4 is 10.2 Å². The molecule has 26 heavy (non-hydrogen) atoms. The van der Waals surface area contributed by atoms with Gasteiger partial charge in [0, 0.05) is 28.4 Å². The van der Waals surface area contributed by atoms with Crippen LogP contribution in [-0.4, -0.2) is 24.9 Å². The molecule has 0 radical (unpaired) electrons. The fraction of sp³-hybridized carbons (Fsp3) is 0.278. The minimum absolute atomic E-state index is 0.331. The number of aryl methyl sites for hydroxylation is 1. The number of ether oxygens (including phenoxy) is 2. The van der Waals surface area contributed by atoms with Gasteiger partial charge in [0.15, 0.2) is 5.82 Å². The van der Waals surface area contributed by atoms with Crippen LogP contribution in [0.1, 0.15) is 29.3 Å². The number of hydrazone groups is 1. The van der Waals surface area contributed by atoms with E-state index in [2.05, 4.69) is 53.4 Å². The fourth-order valence-electron chi connectivity index (χ4n) is 2.35. The fourth-order valence-corrected chi connectivity index (χ4v) is 3.72. The molecule has 1 aromatic heterocycles. The number of benzene rings is 1. The van der Waals surface area contributed by atoms with Crippen molar-refractivity contribution < 1.29 is 9.47 Å². The number of hydrogen-bond donors (Lipinski definition) is 1. The van der Waals surface area contributed by atoms with Gasteiger partial charge in [0.05, 0.1) is 23.9 Å². The van der Waals surface area contributed by atoms with E-state index in [-0.39, 0.29) is 0 Å². The highest BCUT2D eigenvalue weighted by molar-refractivity contribution is 9.11. The summed E-state index contributed by atoms with van der Waals surface area (Å²) in [4.78, 5) is 4.36. The topological polar surface area (TPSA) is 79.5 Å². The monoisotopic (exact) mass is 480 g/mol. The van der Waals surface area contributed by atoms with Crippen LogP contribution in [-0.2, 0) is 11.3 Å². The van der Waals surface area contributed by atoms with Crippen molar-refractivity contribution in [2.75, 3.05) is 19.1 Å². The molecule has 8 heteroatoms. The molecular weight excluding hydrogens is 464 g/mol. The average molecular weight is 482 g/mol. The first kappa shape index (κ1) is 20.4. The quantitative estimate of drug-likeness (QED) is 0.454. The molecule has 1 N–H and O–H groups in total. The van der Waals surface area contributed by atoms with Crippen LogP contribution in [0.3, 0.4) is 0 Å². The number of anilines is 1. The lowest BCUT2D eigenvalue weighted by Gasteiger charge is -2.11. The molecule has 1 aromatic carbocycles. The van der Waals surface area contributed by atoms with Crippen molar-refractivity contribution in [2.45, 2.75) is 20.5 Å². The average Bonchev–Trinajstić information content (AvgIpc) is 2.58. The van der Waals surface area contributed by atoms with Crippen molar-refractivity contribution >= 4 is 43.9 Å². The highest BCUT2D eigenvalue weighted by atomic mass is 79.9. The molecule has 0 unspecified atom stereocenters. The van der Waals surface area contributed by atoms with Gasteiger partial charge in [0.2, 0.25) is 0 Å². The summed E-state index contributed by atoms with van der Waals surface area (Å²) < 4.78 is 12.5. The zero-order valence-electron chi connectivity index (χ0n) is 14.6. The Balaban J connectivity index is 2.33. The van der Waals surface area contributed by atoms with E-state index >= 15 is 0 Å². The highest BCUT2D eigenvalue weighted by Crippen LogP contribution is 2.32. The van der Waals surface area contributed by atoms with Crippen LogP contribution in [0.25, 0.3) is 0 Å². The Morgan fingerprint density at radius 1 is 1.35 bits per heavy atom. The maximum Gasteiger partial charge on any atom is 0.164 e. The molecule has 0 spiro atoms. The second-order valence-corrected chi connectivity index (χ2v) is 7.07. The molecule has 0 bridgehead atoms. The first-order valence-corrected chi connectivity index (χ1v) is 9.39. The number of pyridine rings is 1. The van der Waals surface area contributed by atoms with Crippen LogP contribution in [0.15, 0.2) is 32.2 Å². The number of nitriles is 1. The van der Waals surface area contributed by atoms with E-state index in [1.54, 1.807) is 13.3 Å². The first-order valence-electron chi connectivity index (χ1n) is 7.80. The predicted molar refractivity (Wildman–Crippen MR) is 109 cm³/mol. The first-order chi connectivity index (χ1) is 12.5. The van der Waals surface area contributed by atoms with Gasteiger partial charge < -0.3 is 9.47 Å². The largest absolute Gasteiger partial charge is 0.492 e. The van der Waals surface area contributed by atoms with E-state index in [0.717, 1.165) is 25.8 Å². The zero-order chi connectivity index (χ0) is 19.1. The molecule has 0 aliphatic heterocycles. The molecule has 0 aliphatic rings. The van der Waals surface area contributed by atoms with Gasteiger partial charge in [0.25, 0.3) is 0 Å². The van der Waals surface area contributed by atoms with Crippen molar-refractivity contribution in [1.82, 2.24) is 4.98 Å². The van der Waals surface area contributed by atoms with E-state index < -0.39 is 0 Å². The molecule has 0 aliphatic carbocycles. The zero-order valence-corrected chi connectivity index (χ0v) is 17.8. The Kier molecular flexibility index (Phi) is 7.57. The minimum atomic E-state index is 0.331. The van der Waals surface area contributed by atoms with Gasteiger partial charge in [-0.05, 0) is 48.0 Å². The van der Waals surface area contributed by atoms with Crippen molar-refractivity contribution in [2.24, 2.45) is 5.10 Å². The van der Waals surface area contributed by atoms with E-state index in [4.69, 9.17) is 9.47 Å². The lowest BCUT2D eigenvalue weighted by atomic mass is 10.1. The van der Waals surface area contributed by atoms with Gasteiger partial charge in [-0.15, -0.1) is 0 Å². The third-order valence-electron chi connectivity index (χ3n) is 3.34. The van der Waals surface area contributed by atoms with Crippen LogP contribution >= 0.6 is 31.9 Å². The maximum absolute atomic E-state index is 9.45. The number of methoxy groups -OCH3 is 1. The van der Waals surface area contributed by atoms with E-state index in [0.29, 0.717) is 30.3 Å². The van der Waals surface area contributed by atoms with Crippen LogP contribution in [0.4, 0.5) is 5.82 Å². The SMILES string of the molecule is CCOc1c(Br)cc(Br)cc1C=NNc1nc(C)cc(COC)c1C#N. The molecule has 0 fully saturated rings. The van der Waals surface area contributed by atoms with Gasteiger partial charge in [0.1, 0.15) is 17.4 Å². The van der Waals surface area contributed by atoms with Crippen LogP contribution in [0.5, 0.6) is 5.75 Å². The second kappa shape index (κ2) is 9.67. The normalized spacial score (nSPS) is 10.8. The molecule has 2 aromatic rings. The minimum Gasteiger partial charge on any atom is -0.492 e. The summed E-state index contributed by atoms with van der Waals surface area (Å²) in [7, 11) is 1.59. The van der Waals surface area contributed by atoms with E-state index in [1.807, 2.05) is 32.0 Å². The molecule has 0 atom stereocenters. The summed E-state index contributed by atoms with van der Waals surface area (Å²) >= 11 is 6.95. The van der Waals surface area contributed by atoms with E-state index in [1.165, 1.54) is 0 Å². The molecule has 1 heterocycles. The Hall–Kier alpha value is -1.95. The van der Waals surface area contributed by atoms with Gasteiger partial charge in [-0.1, -0.05) is 15.9 Å². The van der Waals surface area contributed by atoms with Gasteiger partial charge >= 0.3 is 0 Å². The highest BCUT2D eigenvalue weighted by Gasteiger charge is 2.12. The van der Waals surface area contributed by atoms with Gasteiger partial charge in [-0.3, -0.25) is 5.43 Å². The lowest BCUT2D eigenvalue weighted by Crippen LogP contribution is -2.04. The molecule has 2 rings (SSSR count). The Labute approximate surface area is 169 Å².